The zero-order valence-corrected chi connectivity index (χ0v) is 14.9. The number of allylic oxidation sites excluding steroid dienone is 2. The van der Waals surface area contributed by atoms with E-state index in [1.54, 1.807) is 17.3 Å². The van der Waals surface area contributed by atoms with Crippen LogP contribution in [0.15, 0.2) is 57.6 Å². The maximum absolute atomic E-state index is 5.92. The highest BCUT2D eigenvalue weighted by atomic mass is 32.2. The van der Waals surface area contributed by atoms with Crippen LogP contribution in [0.2, 0.25) is 0 Å². The van der Waals surface area contributed by atoms with Gasteiger partial charge >= 0.3 is 0 Å². The van der Waals surface area contributed by atoms with E-state index in [4.69, 9.17) is 9.73 Å². The predicted octanol–water partition coefficient (Wildman–Crippen LogP) is 6.24. The number of benzene rings is 1. The molecule has 0 radical (unpaired) electrons. The number of rotatable bonds is 4. The van der Waals surface area contributed by atoms with Crippen LogP contribution in [0.1, 0.15) is 46.0 Å². The molecule has 0 saturated heterocycles. The van der Waals surface area contributed by atoms with Crippen molar-refractivity contribution in [1.82, 2.24) is 0 Å². The quantitative estimate of drug-likeness (QED) is 0.482. The molecule has 2 aliphatic rings. The van der Waals surface area contributed by atoms with Gasteiger partial charge in [0.05, 0.1) is 17.3 Å². The van der Waals surface area contributed by atoms with Crippen LogP contribution in [0.25, 0.3) is 0 Å². The van der Waals surface area contributed by atoms with Crippen molar-refractivity contribution in [2.75, 3.05) is 6.61 Å². The molecule has 0 amide bonds. The third-order valence-electron chi connectivity index (χ3n) is 4.40. The number of thioether (sulfide) groups is 1. The van der Waals surface area contributed by atoms with Crippen molar-refractivity contribution in [3.8, 4) is 0 Å². The van der Waals surface area contributed by atoms with Crippen LogP contribution in [0, 0.1) is 5.92 Å². The summed E-state index contributed by atoms with van der Waals surface area (Å²) >= 11 is 1.80. The van der Waals surface area contributed by atoms with Gasteiger partial charge < -0.3 is 4.74 Å². The zero-order chi connectivity index (χ0) is 16.1. The second kappa shape index (κ2) is 7.87. The summed E-state index contributed by atoms with van der Waals surface area (Å²) < 4.78 is 5.92. The van der Waals surface area contributed by atoms with Gasteiger partial charge in [0.1, 0.15) is 5.76 Å². The summed E-state index contributed by atoms with van der Waals surface area (Å²) in [4.78, 5) is 6.10. The number of aliphatic imine (C=N–C) groups is 1. The van der Waals surface area contributed by atoms with E-state index in [9.17, 15) is 0 Å². The fourth-order valence-electron chi connectivity index (χ4n) is 3.39. The first kappa shape index (κ1) is 16.4. The molecule has 3 rings (SSSR count). The molecule has 0 N–H and O–H groups in total. The van der Waals surface area contributed by atoms with Crippen molar-refractivity contribution in [2.45, 2.75) is 46.0 Å². The van der Waals surface area contributed by atoms with Gasteiger partial charge in [0.15, 0.2) is 0 Å². The van der Waals surface area contributed by atoms with Crippen molar-refractivity contribution in [3.05, 3.63) is 52.6 Å². The Kier molecular flexibility index (Phi) is 5.60. The molecular formula is C20H25NOS. The number of ether oxygens (including phenoxy) is 1. The molecule has 0 heterocycles. The minimum atomic E-state index is 0.518. The molecule has 23 heavy (non-hydrogen) atoms. The highest BCUT2D eigenvalue weighted by Crippen LogP contribution is 2.45. The first-order chi connectivity index (χ1) is 11.3. The topological polar surface area (TPSA) is 21.6 Å². The maximum Gasteiger partial charge on any atom is 0.104 e. The summed E-state index contributed by atoms with van der Waals surface area (Å²) in [6.07, 6.45) is 8.67. The Labute approximate surface area is 143 Å². The summed E-state index contributed by atoms with van der Waals surface area (Å²) in [7, 11) is 0. The molecule has 122 valence electrons. The van der Waals surface area contributed by atoms with Gasteiger partial charge in [0, 0.05) is 10.8 Å². The van der Waals surface area contributed by atoms with E-state index < -0.39 is 0 Å². The molecule has 0 aromatic heterocycles. The summed E-state index contributed by atoms with van der Waals surface area (Å²) in [6.45, 7) is 4.93. The molecular weight excluding hydrogens is 302 g/mol. The number of fused-ring (bicyclic) bond motifs is 1. The van der Waals surface area contributed by atoms with Crippen molar-refractivity contribution in [3.63, 3.8) is 0 Å². The maximum atomic E-state index is 5.92. The Morgan fingerprint density at radius 2 is 2.04 bits per heavy atom. The predicted molar refractivity (Wildman–Crippen MR) is 100 cm³/mol. The molecule has 0 unspecified atom stereocenters. The second-order valence-electron chi connectivity index (χ2n) is 6.09. The smallest absolute Gasteiger partial charge is 0.104 e. The molecule has 0 aliphatic heterocycles. The number of hydrogen-bond donors (Lipinski definition) is 0. The number of nitrogens with zero attached hydrogens (tertiary/aromatic N) is 1. The van der Waals surface area contributed by atoms with Gasteiger partial charge in [-0.15, -0.1) is 0 Å². The van der Waals surface area contributed by atoms with E-state index >= 15 is 0 Å². The average molecular weight is 327 g/mol. The minimum absolute atomic E-state index is 0.518. The van der Waals surface area contributed by atoms with Gasteiger partial charge in [-0.25, -0.2) is 4.99 Å². The van der Waals surface area contributed by atoms with Crippen LogP contribution < -0.4 is 0 Å². The van der Waals surface area contributed by atoms with Gasteiger partial charge in [-0.3, -0.25) is 0 Å². The van der Waals surface area contributed by atoms with Crippen molar-refractivity contribution >= 4 is 22.5 Å². The van der Waals surface area contributed by atoms with Crippen LogP contribution in [0.5, 0.6) is 0 Å². The molecule has 1 atom stereocenters. The van der Waals surface area contributed by atoms with Crippen molar-refractivity contribution in [2.24, 2.45) is 10.9 Å². The lowest BCUT2D eigenvalue weighted by Gasteiger charge is -2.16. The van der Waals surface area contributed by atoms with Crippen LogP contribution >= 0.6 is 11.8 Å². The van der Waals surface area contributed by atoms with E-state index in [1.807, 2.05) is 30.3 Å². The molecule has 0 spiro atoms. The molecule has 1 saturated carbocycles. The van der Waals surface area contributed by atoms with E-state index in [2.05, 4.69) is 19.9 Å². The van der Waals surface area contributed by atoms with Gasteiger partial charge in [0.25, 0.3) is 0 Å². The van der Waals surface area contributed by atoms with Gasteiger partial charge in [-0.05, 0) is 56.9 Å². The fourth-order valence-corrected chi connectivity index (χ4v) is 4.41. The molecule has 1 aromatic rings. The first-order valence-electron chi connectivity index (χ1n) is 8.63. The Morgan fingerprint density at radius 1 is 1.22 bits per heavy atom. The third kappa shape index (κ3) is 4.08. The van der Waals surface area contributed by atoms with Crippen molar-refractivity contribution in [1.29, 1.82) is 0 Å². The van der Waals surface area contributed by atoms with Gasteiger partial charge in [0.2, 0.25) is 0 Å². The van der Waals surface area contributed by atoms with Crippen LogP contribution in [-0.2, 0) is 4.74 Å². The second-order valence-corrected chi connectivity index (χ2v) is 7.32. The normalized spacial score (nSPS) is 21.7. The molecule has 2 nitrogen and oxygen atoms in total. The molecule has 0 bridgehead atoms. The Bertz CT molecular complexity index is 630. The van der Waals surface area contributed by atoms with E-state index in [0.717, 1.165) is 17.3 Å². The fraction of sp³-hybridized carbons (Fsp3) is 0.450. The van der Waals surface area contributed by atoms with Crippen LogP contribution in [0.4, 0.5) is 5.69 Å². The first-order valence-corrected chi connectivity index (χ1v) is 9.45. The van der Waals surface area contributed by atoms with Gasteiger partial charge in [-0.1, -0.05) is 42.8 Å². The minimum Gasteiger partial charge on any atom is -0.498 e. The molecule has 1 fully saturated rings. The lowest BCUT2D eigenvalue weighted by Crippen LogP contribution is -2.06. The molecule has 1 aromatic carbocycles. The van der Waals surface area contributed by atoms with E-state index in [-0.39, 0.29) is 0 Å². The average Bonchev–Trinajstić information content (AvgIpc) is 2.74. The SMILES string of the molecule is CCOC1=CC(SC(C)=Nc2ccccc2)=C2CCCCC[C@@H]12. The summed E-state index contributed by atoms with van der Waals surface area (Å²) in [5.74, 6) is 1.70. The standard InChI is InChI=1S/C20H25NOS/c1-3-22-19-14-20(18-13-9-5-8-12-17(18)19)23-15(2)21-16-10-6-4-7-11-16/h4,6-7,10-11,14,17H,3,5,8-9,12-13H2,1-2H3/t17-/m1/s1. The van der Waals surface area contributed by atoms with E-state index in [0.29, 0.717) is 5.92 Å². The number of hydrogen-bond acceptors (Lipinski definition) is 3. The number of para-hydroxylation sites is 1. The van der Waals surface area contributed by atoms with Crippen molar-refractivity contribution < 1.29 is 4.74 Å². The largest absolute Gasteiger partial charge is 0.498 e. The lowest BCUT2D eigenvalue weighted by molar-refractivity contribution is 0.199. The molecule has 3 heteroatoms. The zero-order valence-electron chi connectivity index (χ0n) is 14.0. The lowest BCUT2D eigenvalue weighted by atomic mass is 9.96. The summed E-state index contributed by atoms with van der Waals surface area (Å²) in [5, 5.41) is 1.09. The molecule has 2 aliphatic carbocycles. The van der Waals surface area contributed by atoms with Crippen LogP contribution in [-0.4, -0.2) is 11.7 Å². The third-order valence-corrected chi connectivity index (χ3v) is 5.39. The highest BCUT2D eigenvalue weighted by molar-refractivity contribution is 8.17. The Balaban J connectivity index is 1.81. The summed E-state index contributed by atoms with van der Waals surface area (Å²) in [6, 6.07) is 10.2. The van der Waals surface area contributed by atoms with Crippen LogP contribution in [0.3, 0.4) is 0 Å². The van der Waals surface area contributed by atoms with E-state index in [1.165, 1.54) is 42.8 Å². The highest BCUT2D eigenvalue weighted by Gasteiger charge is 2.30. The van der Waals surface area contributed by atoms with Gasteiger partial charge in [-0.2, -0.15) is 0 Å². The Hall–Kier alpha value is -1.48. The summed E-state index contributed by atoms with van der Waals surface area (Å²) in [5.41, 5.74) is 2.60. The Morgan fingerprint density at radius 3 is 2.83 bits per heavy atom. The monoisotopic (exact) mass is 327 g/mol.